The fourth-order valence-corrected chi connectivity index (χ4v) is 1.39. The van der Waals surface area contributed by atoms with Gasteiger partial charge >= 0.3 is 0 Å². The molecule has 0 aliphatic heterocycles. The first-order valence-electron chi connectivity index (χ1n) is 5.20. The van der Waals surface area contributed by atoms with Crippen molar-refractivity contribution in [3.63, 3.8) is 0 Å². The standard InChI is InChI=1S/C12H18FNO/c1-9-4-5-12(15-7-3-6-13)11(8-9)10(2)14/h4-5,8,10H,3,6-7,14H2,1-2H3/t10-/m0/s1. The highest BCUT2D eigenvalue weighted by Gasteiger charge is 2.07. The maximum atomic E-state index is 11.9. The first-order valence-corrected chi connectivity index (χ1v) is 5.20. The molecule has 0 fully saturated rings. The van der Waals surface area contributed by atoms with Crippen LogP contribution in [0.15, 0.2) is 18.2 Å². The number of nitrogens with two attached hydrogens (primary N) is 1. The van der Waals surface area contributed by atoms with E-state index < -0.39 is 0 Å². The third-order valence-corrected chi connectivity index (χ3v) is 2.19. The van der Waals surface area contributed by atoms with Crippen molar-refractivity contribution in [3.05, 3.63) is 29.3 Å². The molecule has 1 aromatic carbocycles. The number of alkyl halides is 1. The van der Waals surface area contributed by atoms with Gasteiger partial charge in [-0.05, 0) is 19.9 Å². The van der Waals surface area contributed by atoms with E-state index in [-0.39, 0.29) is 12.7 Å². The summed E-state index contributed by atoms with van der Waals surface area (Å²) in [5, 5.41) is 0. The number of halogens is 1. The van der Waals surface area contributed by atoms with Crippen LogP contribution in [-0.4, -0.2) is 13.3 Å². The number of benzene rings is 1. The Hall–Kier alpha value is -1.09. The van der Waals surface area contributed by atoms with Gasteiger partial charge in [0.05, 0.1) is 13.3 Å². The molecule has 3 heteroatoms. The van der Waals surface area contributed by atoms with Crippen molar-refractivity contribution in [2.75, 3.05) is 13.3 Å². The zero-order valence-corrected chi connectivity index (χ0v) is 9.29. The van der Waals surface area contributed by atoms with Crippen LogP contribution in [0.4, 0.5) is 4.39 Å². The monoisotopic (exact) mass is 211 g/mol. The van der Waals surface area contributed by atoms with Gasteiger partial charge in [-0.2, -0.15) is 0 Å². The van der Waals surface area contributed by atoms with E-state index >= 15 is 0 Å². The summed E-state index contributed by atoms with van der Waals surface area (Å²) in [5.41, 5.74) is 7.97. The summed E-state index contributed by atoms with van der Waals surface area (Å²) in [6.07, 6.45) is 0.423. The quantitative estimate of drug-likeness (QED) is 0.760. The molecule has 0 unspecified atom stereocenters. The number of hydrogen-bond donors (Lipinski definition) is 1. The molecule has 0 amide bonds. The minimum atomic E-state index is -0.348. The van der Waals surface area contributed by atoms with Crippen LogP contribution in [0.25, 0.3) is 0 Å². The van der Waals surface area contributed by atoms with Gasteiger partial charge in [0.2, 0.25) is 0 Å². The predicted octanol–water partition coefficient (Wildman–Crippen LogP) is 2.75. The molecule has 2 N–H and O–H groups in total. The fraction of sp³-hybridized carbons (Fsp3) is 0.500. The van der Waals surface area contributed by atoms with E-state index in [1.165, 1.54) is 0 Å². The molecule has 0 bridgehead atoms. The summed E-state index contributed by atoms with van der Waals surface area (Å²) in [6, 6.07) is 5.81. The highest BCUT2D eigenvalue weighted by atomic mass is 19.1. The number of rotatable bonds is 5. The van der Waals surface area contributed by atoms with Gasteiger partial charge in [0.1, 0.15) is 5.75 Å². The van der Waals surface area contributed by atoms with Crippen LogP contribution >= 0.6 is 0 Å². The van der Waals surface area contributed by atoms with E-state index in [2.05, 4.69) is 0 Å². The molecule has 2 nitrogen and oxygen atoms in total. The second kappa shape index (κ2) is 5.71. The maximum Gasteiger partial charge on any atom is 0.124 e. The van der Waals surface area contributed by atoms with Crippen molar-refractivity contribution < 1.29 is 9.13 Å². The van der Waals surface area contributed by atoms with Crippen LogP contribution < -0.4 is 10.5 Å². The lowest BCUT2D eigenvalue weighted by Gasteiger charge is -2.14. The summed E-state index contributed by atoms with van der Waals surface area (Å²) in [4.78, 5) is 0. The molecule has 0 aliphatic rings. The van der Waals surface area contributed by atoms with Gasteiger partial charge in [-0.1, -0.05) is 17.7 Å². The van der Waals surface area contributed by atoms with E-state index in [0.29, 0.717) is 13.0 Å². The summed E-state index contributed by atoms with van der Waals surface area (Å²) >= 11 is 0. The highest BCUT2D eigenvalue weighted by molar-refractivity contribution is 5.38. The maximum absolute atomic E-state index is 11.9. The lowest BCUT2D eigenvalue weighted by molar-refractivity contribution is 0.286. The lowest BCUT2D eigenvalue weighted by Crippen LogP contribution is -2.09. The molecule has 84 valence electrons. The lowest BCUT2D eigenvalue weighted by atomic mass is 10.1. The van der Waals surface area contributed by atoms with Gasteiger partial charge in [0.15, 0.2) is 0 Å². The Balaban J connectivity index is 2.77. The minimum Gasteiger partial charge on any atom is -0.493 e. The second-order valence-corrected chi connectivity index (χ2v) is 3.72. The molecule has 1 aromatic rings. The smallest absolute Gasteiger partial charge is 0.124 e. The molecule has 0 aromatic heterocycles. The van der Waals surface area contributed by atoms with E-state index in [1.807, 2.05) is 32.0 Å². The summed E-state index contributed by atoms with van der Waals surface area (Å²) in [7, 11) is 0. The fourth-order valence-electron chi connectivity index (χ4n) is 1.39. The summed E-state index contributed by atoms with van der Waals surface area (Å²) in [6.45, 7) is 3.98. The van der Waals surface area contributed by atoms with E-state index in [4.69, 9.17) is 10.5 Å². The summed E-state index contributed by atoms with van der Waals surface area (Å²) in [5.74, 6) is 0.768. The van der Waals surface area contributed by atoms with E-state index in [0.717, 1.165) is 16.9 Å². The Bertz CT molecular complexity index is 312. The Morgan fingerprint density at radius 2 is 2.20 bits per heavy atom. The van der Waals surface area contributed by atoms with Gasteiger partial charge in [-0.15, -0.1) is 0 Å². The molecular weight excluding hydrogens is 193 g/mol. The van der Waals surface area contributed by atoms with Crippen molar-refractivity contribution in [1.82, 2.24) is 0 Å². The van der Waals surface area contributed by atoms with Crippen LogP contribution in [0.1, 0.15) is 30.5 Å². The van der Waals surface area contributed by atoms with Crippen LogP contribution in [-0.2, 0) is 0 Å². The topological polar surface area (TPSA) is 35.2 Å². The molecule has 0 saturated carbocycles. The largest absolute Gasteiger partial charge is 0.493 e. The zero-order chi connectivity index (χ0) is 11.3. The normalized spacial score (nSPS) is 12.5. The number of ether oxygens (including phenoxy) is 1. The van der Waals surface area contributed by atoms with Crippen molar-refractivity contribution >= 4 is 0 Å². The van der Waals surface area contributed by atoms with Gasteiger partial charge in [-0.25, -0.2) is 0 Å². The third kappa shape index (κ3) is 3.51. The Labute approximate surface area is 90.2 Å². The van der Waals surface area contributed by atoms with E-state index in [9.17, 15) is 4.39 Å². The van der Waals surface area contributed by atoms with E-state index in [1.54, 1.807) is 0 Å². The highest BCUT2D eigenvalue weighted by Crippen LogP contribution is 2.25. The molecule has 0 aliphatic carbocycles. The molecule has 0 spiro atoms. The third-order valence-electron chi connectivity index (χ3n) is 2.19. The first kappa shape index (κ1) is 12.0. The second-order valence-electron chi connectivity index (χ2n) is 3.72. The predicted molar refractivity (Wildman–Crippen MR) is 59.9 cm³/mol. The molecule has 15 heavy (non-hydrogen) atoms. The van der Waals surface area contributed by atoms with Crippen LogP contribution in [0.3, 0.4) is 0 Å². The van der Waals surface area contributed by atoms with Crippen molar-refractivity contribution in [3.8, 4) is 5.75 Å². The molecular formula is C12H18FNO. The molecule has 0 heterocycles. The number of hydrogen-bond acceptors (Lipinski definition) is 2. The Morgan fingerprint density at radius 3 is 2.80 bits per heavy atom. The first-order chi connectivity index (χ1) is 7.15. The average molecular weight is 211 g/mol. The minimum absolute atomic E-state index is 0.0646. The summed E-state index contributed by atoms with van der Waals surface area (Å²) < 4.78 is 17.4. The van der Waals surface area contributed by atoms with Crippen LogP contribution in [0.2, 0.25) is 0 Å². The van der Waals surface area contributed by atoms with Crippen molar-refractivity contribution in [2.24, 2.45) is 5.73 Å². The number of aryl methyl sites for hydroxylation is 1. The van der Waals surface area contributed by atoms with Crippen LogP contribution in [0.5, 0.6) is 5.75 Å². The van der Waals surface area contributed by atoms with Gasteiger partial charge in [-0.3, -0.25) is 4.39 Å². The van der Waals surface area contributed by atoms with Gasteiger partial charge < -0.3 is 10.5 Å². The average Bonchev–Trinajstić information content (AvgIpc) is 2.20. The van der Waals surface area contributed by atoms with Crippen molar-refractivity contribution in [2.45, 2.75) is 26.3 Å². The van der Waals surface area contributed by atoms with Crippen LogP contribution in [0, 0.1) is 6.92 Å². The molecule has 1 atom stereocenters. The molecule has 0 saturated heterocycles. The molecule has 1 rings (SSSR count). The van der Waals surface area contributed by atoms with Crippen molar-refractivity contribution in [1.29, 1.82) is 0 Å². The zero-order valence-electron chi connectivity index (χ0n) is 9.29. The Kier molecular flexibility index (Phi) is 4.56. The van der Waals surface area contributed by atoms with Gasteiger partial charge in [0.25, 0.3) is 0 Å². The SMILES string of the molecule is Cc1ccc(OCCCF)c([C@H](C)N)c1. The van der Waals surface area contributed by atoms with Gasteiger partial charge in [0, 0.05) is 18.0 Å². The molecule has 0 radical (unpaired) electrons. The Morgan fingerprint density at radius 1 is 1.47 bits per heavy atom.